The lowest BCUT2D eigenvalue weighted by molar-refractivity contribution is -0.149. The number of Topliss-reactive ketones (excluding diaryl/α,β-unsaturated/α-hetero) is 1. The first-order chi connectivity index (χ1) is 13.6. The molecule has 0 saturated heterocycles. The lowest BCUT2D eigenvalue weighted by Crippen LogP contribution is -2.30. The Bertz CT molecular complexity index is 893. The number of carbonyl (C=O) groups is 2. The fourth-order valence-corrected chi connectivity index (χ4v) is 4.38. The van der Waals surface area contributed by atoms with Crippen LogP contribution in [0.2, 0.25) is 0 Å². The van der Waals surface area contributed by atoms with Crippen LogP contribution < -0.4 is 0 Å². The first kappa shape index (κ1) is 21.3. The Labute approximate surface area is 172 Å². The quantitative estimate of drug-likeness (QED) is 0.523. The van der Waals surface area contributed by atoms with E-state index in [0.29, 0.717) is 23.1 Å². The van der Waals surface area contributed by atoms with E-state index in [1.807, 2.05) is 37.5 Å². The second-order valence-electron chi connectivity index (χ2n) is 9.36. The fraction of sp³-hybridized carbons (Fsp3) is 0.609. The van der Waals surface area contributed by atoms with Gasteiger partial charge in [0, 0.05) is 23.0 Å². The van der Waals surface area contributed by atoms with Crippen LogP contribution in [-0.4, -0.2) is 28.1 Å². The van der Waals surface area contributed by atoms with Gasteiger partial charge in [-0.05, 0) is 63.9 Å². The Morgan fingerprint density at radius 2 is 1.79 bits per heavy atom. The monoisotopic (exact) mass is 400 g/mol. The van der Waals surface area contributed by atoms with E-state index in [1.54, 1.807) is 0 Å². The Kier molecular flexibility index (Phi) is 6.01. The number of ether oxygens (including phenoxy) is 1. The minimum Gasteiger partial charge on any atom is -0.457 e. The van der Waals surface area contributed by atoms with Gasteiger partial charge in [0.05, 0.1) is 5.92 Å². The van der Waals surface area contributed by atoms with Crippen molar-refractivity contribution < 1.29 is 18.8 Å². The summed E-state index contributed by atoms with van der Waals surface area (Å²) in [5.74, 6) is 1.46. The SMILES string of the molecule is Cc1cc(-n2c(C)cc(C(=O)COC(=O)C3CCC(C(C)(C)C)CC3)c2C)no1. The summed E-state index contributed by atoms with van der Waals surface area (Å²) in [6.07, 6.45) is 3.76. The van der Waals surface area contributed by atoms with E-state index in [2.05, 4.69) is 25.9 Å². The van der Waals surface area contributed by atoms with Crippen LogP contribution in [0.1, 0.15) is 74.0 Å². The summed E-state index contributed by atoms with van der Waals surface area (Å²) < 4.78 is 12.4. The smallest absolute Gasteiger partial charge is 0.309 e. The van der Waals surface area contributed by atoms with Gasteiger partial charge in [-0.15, -0.1) is 0 Å². The van der Waals surface area contributed by atoms with Gasteiger partial charge in [-0.2, -0.15) is 0 Å². The van der Waals surface area contributed by atoms with E-state index < -0.39 is 0 Å². The van der Waals surface area contributed by atoms with Crippen molar-refractivity contribution in [2.75, 3.05) is 6.61 Å². The lowest BCUT2D eigenvalue weighted by atomic mass is 9.70. The molecule has 0 bridgehead atoms. The van der Waals surface area contributed by atoms with E-state index in [4.69, 9.17) is 9.26 Å². The second kappa shape index (κ2) is 8.17. The molecule has 1 fully saturated rings. The molecule has 0 atom stereocenters. The van der Waals surface area contributed by atoms with Crippen LogP contribution in [0.4, 0.5) is 0 Å². The minimum absolute atomic E-state index is 0.0908. The van der Waals surface area contributed by atoms with Gasteiger partial charge in [0.25, 0.3) is 0 Å². The molecule has 29 heavy (non-hydrogen) atoms. The summed E-state index contributed by atoms with van der Waals surface area (Å²) in [6, 6.07) is 3.63. The first-order valence-corrected chi connectivity index (χ1v) is 10.4. The molecule has 1 aliphatic rings. The highest BCUT2D eigenvalue weighted by Gasteiger charge is 2.33. The maximum atomic E-state index is 12.7. The van der Waals surface area contributed by atoms with Gasteiger partial charge >= 0.3 is 5.97 Å². The molecule has 0 N–H and O–H groups in total. The predicted molar refractivity (Wildman–Crippen MR) is 110 cm³/mol. The van der Waals surface area contributed by atoms with E-state index in [1.165, 1.54) is 0 Å². The predicted octanol–water partition coefficient (Wildman–Crippen LogP) is 4.97. The summed E-state index contributed by atoms with van der Waals surface area (Å²) in [4.78, 5) is 25.2. The van der Waals surface area contributed by atoms with E-state index in [-0.39, 0.29) is 29.7 Å². The zero-order chi connectivity index (χ0) is 21.3. The van der Waals surface area contributed by atoms with Gasteiger partial charge in [-0.3, -0.25) is 14.2 Å². The maximum Gasteiger partial charge on any atom is 0.309 e. The average molecular weight is 401 g/mol. The van der Waals surface area contributed by atoms with Crippen LogP contribution in [0.5, 0.6) is 0 Å². The molecule has 0 unspecified atom stereocenters. The third-order valence-corrected chi connectivity index (χ3v) is 6.21. The molecule has 2 heterocycles. The molecule has 0 aliphatic heterocycles. The van der Waals surface area contributed by atoms with Gasteiger partial charge in [-0.25, -0.2) is 0 Å². The highest BCUT2D eigenvalue weighted by molar-refractivity contribution is 5.99. The number of hydrogen-bond donors (Lipinski definition) is 0. The number of aryl methyl sites for hydroxylation is 2. The molecule has 6 heteroatoms. The number of hydrogen-bond acceptors (Lipinski definition) is 5. The molecular weight excluding hydrogens is 368 g/mol. The molecule has 1 saturated carbocycles. The highest BCUT2D eigenvalue weighted by atomic mass is 16.5. The van der Waals surface area contributed by atoms with Crippen molar-refractivity contribution in [3.63, 3.8) is 0 Å². The summed E-state index contributed by atoms with van der Waals surface area (Å²) in [7, 11) is 0. The van der Waals surface area contributed by atoms with Crippen LogP contribution in [0, 0.1) is 38.0 Å². The van der Waals surface area contributed by atoms with Crippen molar-refractivity contribution in [1.29, 1.82) is 0 Å². The first-order valence-electron chi connectivity index (χ1n) is 10.4. The second-order valence-corrected chi connectivity index (χ2v) is 9.36. The summed E-state index contributed by atoms with van der Waals surface area (Å²) in [6.45, 7) is 12.1. The normalized spacial score (nSPS) is 19.9. The van der Waals surface area contributed by atoms with E-state index >= 15 is 0 Å². The van der Waals surface area contributed by atoms with Crippen molar-refractivity contribution in [3.8, 4) is 5.82 Å². The minimum atomic E-state index is -0.244. The third kappa shape index (κ3) is 4.62. The molecule has 6 nitrogen and oxygen atoms in total. The lowest BCUT2D eigenvalue weighted by Gasteiger charge is -2.36. The van der Waals surface area contributed by atoms with Crippen molar-refractivity contribution in [1.82, 2.24) is 9.72 Å². The third-order valence-electron chi connectivity index (χ3n) is 6.21. The van der Waals surface area contributed by atoms with E-state index in [9.17, 15) is 9.59 Å². The standard InChI is InChI=1S/C23H32N2O4/c1-14-11-19(16(3)25(14)21-12-15(2)29-24-21)20(26)13-28-22(27)17-7-9-18(10-8-17)23(4,5)6/h11-12,17-18H,7-10,13H2,1-6H3. The number of aromatic nitrogens is 2. The molecule has 0 spiro atoms. The molecule has 0 radical (unpaired) electrons. The summed E-state index contributed by atoms with van der Waals surface area (Å²) in [5, 5.41) is 4.03. The van der Waals surface area contributed by atoms with Gasteiger partial charge in [0.2, 0.25) is 5.78 Å². The van der Waals surface area contributed by atoms with Crippen LogP contribution in [-0.2, 0) is 9.53 Å². The fourth-order valence-electron chi connectivity index (χ4n) is 4.38. The Morgan fingerprint density at radius 3 is 2.34 bits per heavy atom. The van der Waals surface area contributed by atoms with E-state index in [0.717, 1.165) is 37.1 Å². The van der Waals surface area contributed by atoms with Gasteiger partial charge in [-0.1, -0.05) is 25.9 Å². The van der Waals surface area contributed by atoms with Crippen molar-refractivity contribution in [2.24, 2.45) is 17.3 Å². The van der Waals surface area contributed by atoms with Crippen molar-refractivity contribution in [3.05, 3.63) is 34.8 Å². The summed E-state index contributed by atoms with van der Waals surface area (Å²) in [5.41, 5.74) is 2.47. The Balaban J connectivity index is 1.60. The van der Waals surface area contributed by atoms with Crippen LogP contribution in [0.3, 0.4) is 0 Å². The molecule has 2 aromatic heterocycles. The number of carbonyl (C=O) groups excluding carboxylic acids is 2. The van der Waals surface area contributed by atoms with Gasteiger partial charge in [0.15, 0.2) is 12.4 Å². The van der Waals surface area contributed by atoms with Crippen LogP contribution in [0.25, 0.3) is 5.82 Å². The van der Waals surface area contributed by atoms with Crippen molar-refractivity contribution >= 4 is 11.8 Å². The Morgan fingerprint density at radius 1 is 1.14 bits per heavy atom. The number of rotatable bonds is 5. The average Bonchev–Trinajstić information content (AvgIpc) is 3.21. The number of ketones is 1. The van der Waals surface area contributed by atoms with Gasteiger partial charge < -0.3 is 9.26 Å². The summed E-state index contributed by atoms with van der Waals surface area (Å²) >= 11 is 0. The zero-order valence-electron chi connectivity index (χ0n) is 18.4. The molecule has 1 aliphatic carbocycles. The van der Waals surface area contributed by atoms with Gasteiger partial charge in [0.1, 0.15) is 5.76 Å². The zero-order valence-corrected chi connectivity index (χ0v) is 18.4. The molecular formula is C23H32N2O4. The molecule has 2 aromatic rings. The highest BCUT2D eigenvalue weighted by Crippen LogP contribution is 2.40. The van der Waals surface area contributed by atoms with Crippen molar-refractivity contribution in [2.45, 2.75) is 67.2 Å². The topological polar surface area (TPSA) is 74.3 Å². The largest absolute Gasteiger partial charge is 0.457 e. The molecule has 0 amide bonds. The number of esters is 1. The molecule has 3 rings (SSSR count). The van der Waals surface area contributed by atoms with Crippen LogP contribution in [0.15, 0.2) is 16.7 Å². The number of nitrogens with zero attached hydrogens (tertiary/aromatic N) is 2. The molecule has 158 valence electrons. The molecule has 0 aromatic carbocycles. The Hall–Kier alpha value is -2.37. The van der Waals surface area contributed by atoms with Crippen LogP contribution >= 0.6 is 0 Å². The maximum absolute atomic E-state index is 12.7.